The standard InChI is InChI=1S/C17H21N3O2S/c1-12(21)19-14-8-6-13(7-9-14)17(22)18-11-15(20(2)3)16-5-4-10-23-16/h4-10,15H,11H2,1-3H3,(H,18,22)(H,19,21)/t15-/m0/s1. The molecule has 0 aliphatic heterocycles. The van der Waals surface area contributed by atoms with Gasteiger partial charge in [-0.15, -0.1) is 11.3 Å². The van der Waals surface area contributed by atoms with Crippen molar-refractivity contribution in [3.05, 3.63) is 52.2 Å². The number of hydrogen-bond donors (Lipinski definition) is 2. The number of carbonyl (C=O) groups is 2. The molecule has 1 heterocycles. The van der Waals surface area contributed by atoms with E-state index in [1.165, 1.54) is 11.8 Å². The van der Waals surface area contributed by atoms with E-state index in [1.54, 1.807) is 35.6 Å². The lowest BCUT2D eigenvalue weighted by Gasteiger charge is -2.23. The van der Waals surface area contributed by atoms with E-state index in [0.717, 1.165) is 0 Å². The first-order valence-electron chi connectivity index (χ1n) is 7.33. The second-order valence-electron chi connectivity index (χ2n) is 5.46. The predicted molar refractivity (Wildman–Crippen MR) is 93.8 cm³/mol. The fourth-order valence-electron chi connectivity index (χ4n) is 2.22. The minimum absolute atomic E-state index is 0.122. The monoisotopic (exact) mass is 331 g/mol. The van der Waals surface area contributed by atoms with Crippen LogP contribution in [0.3, 0.4) is 0 Å². The molecule has 0 unspecified atom stereocenters. The molecule has 0 saturated heterocycles. The molecule has 23 heavy (non-hydrogen) atoms. The summed E-state index contributed by atoms with van der Waals surface area (Å²) in [6.07, 6.45) is 0. The molecule has 0 aliphatic rings. The number of nitrogens with one attached hydrogen (secondary N) is 2. The van der Waals surface area contributed by atoms with Gasteiger partial charge in [-0.1, -0.05) is 6.07 Å². The zero-order valence-electron chi connectivity index (χ0n) is 13.5. The van der Waals surface area contributed by atoms with Gasteiger partial charge in [0.25, 0.3) is 5.91 Å². The third kappa shape index (κ3) is 4.91. The highest BCUT2D eigenvalue weighted by Crippen LogP contribution is 2.22. The third-order valence-corrected chi connectivity index (χ3v) is 4.39. The van der Waals surface area contributed by atoms with Crippen LogP contribution in [0.1, 0.15) is 28.2 Å². The summed E-state index contributed by atoms with van der Waals surface area (Å²) < 4.78 is 0. The summed E-state index contributed by atoms with van der Waals surface area (Å²) >= 11 is 1.68. The molecular formula is C17H21N3O2S. The van der Waals surface area contributed by atoms with Crippen molar-refractivity contribution in [3.63, 3.8) is 0 Å². The van der Waals surface area contributed by atoms with Crippen molar-refractivity contribution in [1.29, 1.82) is 0 Å². The van der Waals surface area contributed by atoms with Crippen molar-refractivity contribution >= 4 is 28.8 Å². The van der Waals surface area contributed by atoms with Crippen LogP contribution in [-0.2, 0) is 4.79 Å². The summed E-state index contributed by atoms with van der Waals surface area (Å²) in [5.41, 5.74) is 1.25. The molecule has 0 radical (unpaired) electrons. The molecule has 122 valence electrons. The molecule has 0 spiro atoms. The number of carbonyl (C=O) groups excluding carboxylic acids is 2. The van der Waals surface area contributed by atoms with Gasteiger partial charge in [-0.2, -0.15) is 0 Å². The van der Waals surface area contributed by atoms with E-state index >= 15 is 0 Å². The Bertz CT molecular complexity index is 651. The van der Waals surface area contributed by atoms with Crippen LogP contribution in [-0.4, -0.2) is 37.4 Å². The third-order valence-electron chi connectivity index (χ3n) is 3.42. The topological polar surface area (TPSA) is 61.4 Å². The highest BCUT2D eigenvalue weighted by Gasteiger charge is 2.16. The van der Waals surface area contributed by atoms with Crippen molar-refractivity contribution in [1.82, 2.24) is 10.2 Å². The molecule has 2 amide bonds. The van der Waals surface area contributed by atoms with Gasteiger partial charge in [-0.05, 0) is 49.8 Å². The second kappa shape index (κ2) is 7.89. The van der Waals surface area contributed by atoms with Gasteiger partial charge in [0.2, 0.25) is 5.91 Å². The molecule has 1 aromatic heterocycles. The summed E-state index contributed by atoms with van der Waals surface area (Å²) in [6, 6.07) is 11.1. The highest BCUT2D eigenvalue weighted by atomic mass is 32.1. The minimum atomic E-state index is -0.132. The summed E-state index contributed by atoms with van der Waals surface area (Å²) in [7, 11) is 4.00. The number of thiophene rings is 1. The lowest BCUT2D eigenvalue weighted by atomic mass is 10.1. The molecule has 0 fully saturated rings. The Morgan fingerprint density at radius 3 is 2.39 bits per heavy atom. The largest absolute Gasteiger partial charge is 0.350 e. The Morgan fingerprint density at radius 1 is 1.17 bits per heavy atom. The summed E-state index contributed by atoms with van der Waals surface area (Å²) in [5, 5.41) is 7.68. The molecule has 6 heteroatoms. The Kier molecular flexibility index (Phi) is 5.90. The quantitative estimate of drug-likeness (QED) is 0.855. The molecule has 1 atom stereocenters. The maximum atomic E-state index is 12.3. The molecule has 2 rings (SSSR count). The maximum absolute atomic E-state index is 12.3. The summed E-state index contributed by atoms with van der Waals surface area (Å²) in [5.74, 6) is -0.255. The Balaban J connectivity index is 1.97. The number of benzene rings is 1. The zero-order valence-corrected chi connectivity index (χ0v) is 14.3. The van der Waals surface area contributed by atoms with Gasteiger partial charge in [0, 0.05) is 29.6 Å². The van der Waals surface area contributed by atoms with Crippen LogP contribution in [0.5, 0.6) is 0 Å². The van der Waals surface area contributed by atoms with Crippen LogP contribution in [0.15, 0.2) is 41.8 Å². The Labute approximate surface area is 140 Å². The van der Waals surface area contributed by atoms with Gasteiger partial charge >= 0.3 is 0 Å². The number of hydrogen-bond acceptors (Lipinski definition) is 4. The van der Waals surface area contributed by atoms with E-state index in [0.29, 0.717) is 17.8 Å². The zero-order chi connectivity index (χ0) is 16.8. The van der Waals surface area contributed by atoms with Crippen molar-refractivity contribution in [3.8, 4) is 0 Å². The number of nitrogens with zero attached hydrogens (tertiary/aromatic N) is 1. The fourth-order valence-corrected chi connectivity index (χ4v) is 3.14. The summed E-state index contributed by atoms with van der Waals surface area (Å²) in [6.45, 7) is 1.99. The smallest absolute Gasteiger partial charge is 0.251 e. The molecule has 5 nitrogen and oxygen atoms in total. The lowest BCUT2D eigenvalue weighted by Crippen LogP contribution is -2.34. The fraction of sp³-hybridized carbons (Fsp3) is 0.294. The first-order valence-corrected chi connectivity index (χ1v) is 8.21. The number of likely N-dealkylation sites (N-methyl/N-ethyl adjacent to an activating group) is 1. The molecule has 2 aromatic rings. The van der Waals surface area contributed by atoms with Crippen LogP contribution >= 0.6 is 11.3 Å². The number of anilines is 1. The molecule has 1 aromatic carbocycles. The highest BCUT2D eigenvalue weighted by molar-refractivity contribution is 7.10. The number of rotatable bonds is 6. The first kappa shape index (κ1) is 17.2. The molecule has 0 aliphatic carbocycles. The lowest BCUT2D eigenvalue weighted by molar-refractivity contribution is -0.114. The second-order valence-corrected chi connectivity index (χ2v) is 6.44. The van der Waals surface area contributed by atoms with E-state index in [-0.39, 0.29) is 17.9 Å². The normalized spacial score (nSPS) is 12.0. The van der Waals surface area contributed by atoms with E-state index in [9.17, 15) is 9.59 Å². The van der Waals surface area contributed by atoms with Crippen LogP contribution in [0, 0.1) is 0 Å². The van der Waals surface area contributed by atoms with Gasteiger partial charge in [-0.25, -0.2) is 0 Å². The van der Waals surface area contributed by atoms with E-state index in [1.807, 2.05) is 25.5 Å². The molecule has 0 bridgehead atoms. The van der Waals surface area contributed by atoms with Crippen LogP contribution in [0.4, 0.5) is 5.69 Å². The van der Waals surface area contributed by atoms with Crippen molar-refractivity contribution in [2.24, 2.45) is 0 Å². The van der Waals surface area contributed by atoms with Crippen molar-refractivity contribution in [2.45, 2.75) is 13.0 Å². The Morgan fingerprint density at radius 2 is 1.87 bits per heavy atom. The van der Waals surface area contributed by atoms with Gasteiger partial charge in [0.15, 0.2) is 0 Å². The minimum Gasteiger partial charge on any atom is -0.350 e. The SMILES string of the molecule is CC(=O)Nc1ccc(C(=O)NC[C@@H](c2cccs2)N(C)C)cc1. The maximum Gasteiger partial charge on any atom is 0.251 e. The molecular weight excluding hydrogens is 310 g/mol. The number of amides is 2. The average Bonchev–Trinajstić information content (AvgIpc) is 3.01. The molecule has 2 N–H and O–H groups in total. The van der Waals surface area contributed by atoms with Crippen LogP contribution in [0.25, 0.3) is 0 Å². The first-order chi connectivity index (χ1) is 11.0. The molecule has 0 saturated carbocycles. The van der Waals surface area contributed by atoms with Gasteiger partial charge < -0.3 is 15.5 Å². The van der Waals surface area contributed by atoms with Crippen molar-refractivity contribution in [2.75, 3.05) is 26.0 Å². The van der Waals surface area contributed by atoms with Gasteiger partial charge in [0.05, 0.1) is 6.04 Å². The predicted octanol–water partition coefficient (Wildman–Crippen LogP) is 2.74. The average molecular weight is 331 g/mol. The van der Waals surface area contributed by atoms with Crippen molar-refractivity contribution < 1.29 is 9.59 Å². The van der Waals surface area contributed by atoms with Gasteiger partial charge in [0.1, 0.15) is 0 Å². The Hall–Kier alpha value is -2.18. The van der Waals surface area contributed by atoms with E-state index in [2.05, 4.69) is 21.6 Å². The van der Waals surface area contributed by atoms with Crippen LogP contribution in [0.2, 0.25) is 0 Å². The van der Waals surface area contributed by atoms with Gasteiger partial charge in [-0.3, -0.25) is 9.59 Å². The van der Waals surface area contributed by atoms with E-state index < -0.39 is 0 Å². The van der Waals surface area contributed by atoms with Crippen LogP contribution < -0.4 is 10.6 Å². The summed E-state index contributed by atoms with van der Waals surface area (Å²) in [4.78, 5) is 26.6. The van der Waals surface area contributed by atoms with E-state index in [4.69, 9.17) is 0 Å².